The average molecular weight is 355 g/mol. The van der Waals surface area contributed by atoms with Crippen LogP contribution in [0.4, 0.5) is 0 Å². The molecule has 6 heteroatoms. The molecule has 136 valence electrons. The molecule has 1 N–H and O–H groups in total. The summed E-state index contributed by atoms with van der Waals surface area (Å²) in [6.07, 6.45) is 0. The van der Waals surface area contributed by atoms with Gasteiger partial charge in [0.2, 0.25) is 0 Å². The Morgan fingerprint density at radius 2 is 1.81 bits per heavy atom. The Morgan fingerprint density at radius 3 is 2.46 bits per heavy atom. The quantitative estimate of drug-likeness (QED) is 0.542. The maximum Gasteiger partial charge on any atom is 0.340 e. The van der Waals surface area contributed by atoms with Crippen molar-refractivity contribution in [2.45, 2.75) is 6.92 Å². The highest BCUT2D eigenvalue weighted by atomic mass is 16.6. The van der Waals surface area contributed by atoms with Gasteiger partial charge < -0.3 is 23.9 Å². The Labute approximate surface area is 151 Å². The van der Waals surface area contributed by atoms with Crippen LogP contribution in [0.3, 0.4) is 0 Å². The van der Waals surface area contributed by atoms with E-state index in [-0.39, 0.29) is 12.4 Å². The molecule has 0 amide bonds. The summed E-state index contributed by atoms with van der Waals surface area (Å²) in [5, 5.41) is 10.5. The number of carbonyl (C=O) groups excluding carboxylic acids is 1. The fraction of sp³-hybridized carbons (Fsp3) is 0.250. The third-order valence-corrected chi connectivity index (χ3v) is 4.24. The monoisotopic (exact) mass is 355 g/mol. The molecule has 0 fully saturated rings. The Morgan fingerprint density at radius 1 is 1.08 bits per heavy atom. The van der Waals surface area contributed by atoms with Crippen LogP contribution in [0.15, 0.2) is 42.5 Å². The molecular weight excluding hydrogens is 334 g/mol. The lowest BCUT2D eigenvalue weighted by Crippen LogP contribution is -2.11. The minimum Gasteiger partial charge on any atom is -0.508 e. The van der Waals surface area contributed by atoms with Gasteiger partial charge in [0.25, 0.3) is 0 Å². The molecule has 0 aliphatic carbocycles. The molecule has 0 bridgehead atoms. The molecule has 0 saturated carbocycles. The van der Waals surface area contributed by atoms with Crippen molar-refractivity contribution in [3.63, 3.8) is 0 Å². The van der Waals surface area contributed by atoms with Gasteiger partial charge >= 0.3 is 5.97 Å². The molecular formula is C20H21NO5. The summed E-state index contributed by atoms with van der Waals surface area (Å²) in [6, 6.07) is 12.5. The zero-order valence-corrected chi connectivity index (χ0v) is 15.0. The number of fused-ring (bicyclic) bond motifs is 1. The molecule has 0 atom stereocenters. The predicted octanol–water partition coefficient (Wildman–Crippen LogP) is 3.46. The zero-order valence-electron chi connectivity index (χ0n) is 15.0. The van der Waals surface area contributed by atoms with Crippen LogP contribution in [0.25, 0.3) is 16.6 Å². The van der Waals surface area contributed by atoms with Gasteiger partial charge in [0, 0.05) is 23.9 Å². The van der Waals surface area contributed by atoms with Crippen LogP contribution < -0.4 is 4.74 Å². The highest BCUT2D eigenvalue weighted by molar-refractivity contribution is 6.07. The Hall–Kier alpha value is -2.99. The number of benzene rings is 2. The van der Waals surface area contributed by atoms with E-state index >= 15 is 0 Å². The van der Waals surface area contributed by atoms with E-state index in [1.54, 1.807) is 32.4 Å². The largest absolute Gasteiger partial charge is 0.508 e. The number of methoxy groups -OCH3 is 2. The van der Waals surface area contributed by atoms with Crippen molar-refractivity contribution >= 4 is 16.9 Å². The van der Waals surface area contributed by atoms with Gasteiger partial charge in [-0.25, -0.2) is 4.79 Å². The number of phenols is 1. The van der Waals surface area contributed by atoms with Crippen molar-refractivity contribution in [3.05, 3.63) is 53.7 Å². The van der Waals surface area contributed by atoms with Crippen LogP contribution in [0, 0.1) is 6.92 Å². The van der Waals surface area contributed by atoms with Gasteiger partial charge in [0.05, 0.1) is 24.8 Å². The van der Waals surface area contributed by atoms with Gasteiger partial charge in [-0.2, -0.15) is 0 Å². The summed E-state index contributed by atoms with van der Waals surface area (Å²) in [7, 11) is 3.16. The van der Waals surface area contributed by atoms with E-state index in [2.05, 4.69) is 0 Å². The standard InChI is InChI=1S/C20H21NO5/c1-13-19(20(23)26-11-10-24-2)17-12-15(22)6-9-18(17)21(13)14-4-7-16(25-3)8-5-14/h4-9,12,22H,10-11H2,1-3H3. The van der Waals surface area contributed by atoms with Crippen molar-refractivity contribution in [2.24, 2.45) is 0 Å². The van der Waals surface area contributed by atoms with Gasteiger partial charge in [-0.1, -0.05) is 0 Å². The summed E-state index contributed by atoms with van der Waals surface area (Å²) in [6.45, 7) is 2.35. The van der Waals surface area contributed by atoms with Gasteiger partial charge in [0.1, 0.15) is 18.1 Å². The lowest BCUT2D eigenvalue weighted by Gasteiger charge is -2.10. The van der Waals surface area contributed by atoms with Crippen LogP contribution in [-0.2, 0) is 9.47 Å². The lowest BCUT2D eigenvalue weighted by atomic mass is 10.1. The van der Waals surface area contributed by atoms with Crippen molar-refractivity contribution in [3.8, 4) is 17.2 Å². The lowest BCUT2D eigenvalue weighted by molar-refractivity contribution is 0.0389. The number of esters is 1. The van der Waals surface area contributed by atoms with Gasteiger partial charge in [-0.3, -0.25) is 0 Å². The average Bonchev–Trinajstić information content (AvgIpc) is 2.93. The fourth-order valence-corrected chi connectivity index (χ4v) is 3.02. The Bertz CT molecular complexity index is 928. The summed E-state index contributed by atoms with van der Waals surface area (Å²) >= 11 is 0. The molecule has 3 aromatic rings. The van der Waals surface area contributed by atoms with E-state index in [4.69, 9.17) is 14.2 Å². The van der Waals surface area contributed by atoms with Crippen LogP contribution in [0.2, 0.25) is 0 Å². The SMILES string of the molecule is COCCOC(=O)c1c(C)n(-c2ccc(OC)cc2)c2ccc(O)cc12. The first kappa shape index (κ1) is 17.8. The highest BCUT2D eigenvalue weighted by Crippen LogP contribution is 2.32. The third kappa shape index (κ3) is 3.23. The van der Waals surface area contributed by atoms with E-state index < -0.39 is 5.97 Å². The van der Waals surface area contributed by atoms with Crippen LogP contribution in [0.1, 0.15) is 16.1 Å². The normalized spacial score (nSPS) is 10.9. The first-order valence-electron chi connectivity index (χ1n) is 8.21. The van der Waals surface area contributed by atoms with Crippen molar-refractivity contribution < 1.29 is 24.1 Å². The first-order chi connectivity index (χ1) is 12.6. The van der Waals surface area contributed by atoms with Crippen LogP contribution >= 0.6 is 0 Å². The molecule has 0 aliphatic heterocycles. The summed E-state index contributed by atoms with van der Waals surface area (Å²) in [5.41, 5.74) is 2.86. The molecule has 1 aromatic heterocycles. The van der Waals surface area contributed by atoms with Gasteiger partial charge in [-0.05, 0) is 49.4 Å². The van der Waals surface area contributed by atoms with Crippen LogP contribution in [0.5, 0.6) is 11.5 Å². The number of phenolic OH excluding ortho intramolecular Hbond substituents is 1. The first-order valence-corrected chi connectivity index (χ1v) is 8.21. The molecule has 26 heavy (non-hydrogen) atoms. The summed E-state index contributed by atoms with van der Waals surface area (Å²) < 4.78 is 17.4. The number of hydrogen-bond donors (Lipinski definition) is 1. The molecule has 0 saturated heterocycles. The number of ether oxygens (including phenoxy) is 3. The van der Waals surface area contributed by atoms with E-state index in [9.17, 15) is 9.90 Å². The maximum absolute atomic E-state index is 12.6. The fourth-order valence-electron chi connectivity index (χ4n) is 3.02. The topological polar surface area (TPSA) is 69.9 Å². The number of rotatable bonds is 6. The molecule has 6 nitrogen and oxygen atoms in total. The second-order valence-corrected chi connectivity index (χ2v) is 5.82. The summed E-state index contributed by atoms with van der Waals surface area (Å²) in [5.74, 6) is 0.400. The molecule has 0 spiro atoms. The maximum atomic E-state index is 12.6. The van der Waals surface area contributed by atoms with E-state index in [1.807, 2.05) is 35.8 Å². The minimum atomic E-state index is -0.442. The molecule has 0 unspecified atom stereocenters. The van der Waals surface area contributed by atoms with Crippen molar-refractivity contribution in [1.29, 1.82) is 0 Å². The van der Waals surface area contributed by atoms with Crippen molar-refractivity contribution in [1.82, 2.24) is 4.57 Å². The number of aromatic hydroxyl groups is 1. The van der Waals surface area contributed by atoms with Crippen molar-refractivity contribution in [2.75, 3.05) is 27.4 Å². The van der Waals surface area contributed by atoms with Gasteiger partial charge in [0.15, 0.2) is 0 Å². The number of hydrogen-bond acceptors (Lipinski definition) is 5. The van der Waals surface area contributed by atoms with E-state index in [1.165, 1.54) is 0 Å². The smallest absolute Gasteiger partial charge is 0.340 e. The third-order valence-electron chi connectivity index (χ3n) is 4.24. The zero-order chi connectivity index (χ0) is 18.7. The van der Waals surface area contributed by atoms with Crippen LogP contribution in [-0.4, -0.2) is 43.1 Å². The molecule has 3 rings (SSSR count). The Balaban J connectivity index is 2.14. The molecule has 2 aromatic carbocycles. The van der Waals surface area contributed by atoms with Gasteiger partial charge in [-0.15, -0.1) is 0 Å². The predicted molar refractivity (Wildman–Crippen MR) is 98.4 cm³/mol. The number of nitrogens with zero attached hydrogens (tertiary/aromatic N) is 1. The Kier molecular flexibility index (Phi) is 5.14. The number of carbonyl (C=O) groups is 1. The van der Waals surface area contributed by atoms with E-state index in [0.29, 0.717) is 17.6 Å². The minimum absolute atomic E-state index is 0.0929. The second kappa shape index (κ2) is 7.49. The molecule has 0 radical (unpaired) electrons. The molecule has 1 heterocycles. The summed E-state index contributed by atoms with van der Waals surface area (Å²) in [4.78, 5) is 12.6. The van der Waals surface area contributed by atoms with E-state index in [0.717, 1.165) is 22.6 Å². The number of aromatic nitrogens is 1. The second-order valence-electron chi connectivity index (χ2n) is 5.82. The molecule has 0 aliphatic rings. The highest BCUT2D eigenvalue weighted by Gasteiger charge is 2.22.